The first-order chi connectivity index (χ1) is 7.63. The number of carboxylic acid groups (broad SMARTS) is 1. The van der Waals surface area contributed by atoms with E-state index in [2.05, 4.69) is 22.9 Å². The van der Waals surface area contributed by atoms with Crippen molar-refractivity contribution in [1.29, 1.82) is 0 Å². The van der Waals surface area contributed by atoms with Crippen molar-refractivity contribution in [1.82, 2.24) is 0 Å². The van der Waals surface area contributed by atoms with Gasteiger partial charge in [-0.1, -0.05) is 47.8 Å². The Morgan fingerprint density at radius 2 is 2.00 bits per heavy atom. The molecule has 0 aliphatic rings. The number of rotatable bonds is 6. The average Bonchev–Trinajstić information content (AvgIpc) is 2.26. The van der Waals surface area contributed by atoms with E-state index in [4.69, 9.17) is 5.11 Å². The highest BCUT2D eigenvalue weighted by atomic mass is 79.9. The summed E-state index contributed by atoms with van der Waals surface area (Å²) in [5.41, 5.74) is 1.09. The molecule has 1 rings (SSSR count). The van der Waals surface area contributed by atoms with E-state index in [9.17, 15) is 4.79 Å². The fourth-order valence-corrected chi connectivity index (χ4v) is 1.93. The molecular formula is C13H17BrO2. The zero-order chi connectivity index (χ0) is 12.0. The molecule has 0 aromatic heterocycles. The summed E-state index contributed by atoms with van der Waals surface area (Å²) in [5, 5.41) is 9.11. The van der Waals surface area contributed by atoms with Crippen molar-refractivity contribution in [2.75, 3.05) is 0 Å². The topological polar surface area (TPSA) is 37.3 Å². The molecule has 3 heteroatoms. The minimum Gasteiger partial charge on any atom is -0.481 e. The first kappa shape index (κ1) is 13.2. The van der Waals surface area contributed by atoms with Crippen LogP contribution in [0.1, 0.15) is 31.7 Å². The van der Waals surface area contributed by atoms with Crippen LogP contribution >= 0.6 is 15.9 Å². The Bertz CT molecular complexity index is 332. The molecule has 1 N–H and O–H groups in total. The van der Waals surface area contributed by atoms with E-state index in [1.165, 1.54) is 0 Å². The molecule has 1 atom stereocenters. The number of hydrogen-bond donors (Lipinski definition) is 1. The van der Waals surface area contributed by atoms with Gasteiger partial charge in [-0.3, -0.25) is 4.79 Å². The Hall–Kier alpha value is -0.830. The van der Waals surface area contributed by atoms with Gasteiger partial charge in [0.15, 0.2) is 0 Å². The van der Waals surface area contributed by atoms with Crippen molar-refractivity contribution in [2.24, 2.45) is 5.92 Å². The predicted molar refractivity (Wildman–Crippen MR) is 68.5 cm³/mol. The van der Waals surface area contributed by atoms with Crippen LogP contribution in [0.3, 0.4) is 0 Å². The van der Waals surface area contributed by atoms with E-state index >= 15 is 0 Å². The largest absolute Gasteiger partial charge is 0.481 e. The molecule has 0 fully saturated rings. The van der Waals surface area contributed by atoms with Gasteiger partial charge in [0.25, 0.3) is 0 Å². The molecule has 1 unspecified atom stereocenters. The van der Waals surface area contributed by atoms with Gasteiger partial charge in [-0.15, -0.1) is 0 Å². The van der Waals surface area contributed by atoms with Crippen LogP contribution in [0, 0.1) is 5.92 Å². The van der Waals surface area contributed by atoms with Crippen molar-refractivity contribution in [3.63, 3.8) is 0 Å². The Labute approximate surface area is 105 Å². The van der Waals surface area contributed by atoms with E-state index in [0.717, 1.165) is 29.3 Å². The molecule has 88 valence electrons. The van der Waals surface area contributed by atoms with Gasteiger partial charge in [-0.05, 0) is 30.5 Å². The number of hydrogen-bond acceptors (Lipinski definition) is 1. The fourth-order valence-electron chi connectivity index (χ4n) is 1.67. The predicted octanol–water partition coefficient (Wildman–Crippen LogP) is 3.88. The fraction of sp³-hybridized carbons (Fsp3) is 0.462. The molecular weight excluding hydrogens is 268 g/mol. The van der Waals surface area contributed by atoms with Gasteiger partial charge in [0.1, 0.15) is 0 Å². The standard InChI is InChI=1S/C13H17BrO2/c1-2-3-4-11(13(15)16)9-10-5-7-12(14)8-6-10/h5-8,11H,2-4,9H2,1H3,(H,15,16). The van der Waals surface area contributed by atoms with Crippen LogP contribution in [0.25, 0.3) is 0 Å². The van der Waals surface area contributed by atoms with Gasteiger partial charge in [0.2, 0.25) is 0 Å². The maximum atomic E-state index is 11.1. The van der Waals surface area contributed by atoms with Crippen LogP contribution in [0.5, 0.6) is 0 Å². The van der Waals surface area contributed by atoms with Gasteiger partial charge in [-0.2, -0.15) is 0 Å². The zero-order valence-electron chi connectivity index (χ0n) is 9.45. The first-order valence-corrected chi connectivity index (χ1v) is 6.40. The Morgan fingerprint density at radius 1 is 1.38 bits per heavy atom. The van der Waals surface area contributed by atoms with E-state index in [-0.39, 0.29) is 5.92 Å². The summed E-state index contributed by atoms with van der Waals surface area (Å²) in [5.74, 6) is -0.933. The number of aliphatic carboxylic acids is 1. The van der Waals surface area contributed by atoms with Gasteiger partial charge in [0.05, 0.1) is 5.92 Å². The van der Waals surface area contributed by atoms with Crippen LogP contribution in [-0.4, -0.2) is 11.1 Å². The Kier molecular flexibility index (Phi) is 5.53. The lowest BCUT2D eigenvalue weighted by Crippen LogP contribution is -2.16. The molecule has 1 aromatic carbocycles. The van der Waals surface area contributed by atoms with Crippen molar-refractivity contribution < 1.29 is 9.90 Å². The number of carbonyl (C=O) groups is 1. The number of carboxylic acids is 1. The van der Waals surface area contributed by atoms with E-state index < -0.39 is 5.97 Å². The summed E-state index contributed by atoms with van der Waals surface area (Å²) in [6.07, 6.45) is 3.42. The highest BCUT2D eigenvalue weighted by molar-refractivity contribution is 9.10. The quantitative estimate of drug-likeness (QED) is 0.861. The SMILES string of the molecule is CCCCC(Cc1ccc(Br)cc1)C(=O)O. The summed E-state index contributed by atoms with van der Waals surface area (Å²) in [6, 6.07) is 7.86. The van der Waals surface area contributed by atoms with E-state index in [1.54, 1.807) is 0 Å². The van der Waals surface area contributed by atoms with Crippen molar-refractivity contribution in [3.05, 3.63) is 34.3 Å². The molecule has 0 saturated heterocycles. The van der Waals surface area contributed by atoms with E-state index in [1.807, 2.05) is 24.3 Å². The number of benzene rings is 1. The van der Waals surface area contributed by atoms with E-state index in [0.29, 0.717) is 6.42 Å². The molecule has 0 heterocycles. The lowest BCUT2D eigenvalue weighted by Gasteiger charge is -2.11. The van der Waals surface area contributed by atoms with Crippen LogP contribution < -0.4 is 0 Å². The van der Waals surface area contributed by atoms with Crippen LogP contribution in [0.2, 0.25) is 0 Å². The summed E-state index contributed by atoms with van der Waals surface area (Å²) in [4.78, 5) is 11.1. The average molecular weight is 285 g/mol. The third kappa shape index (κ3) is 4.35. The van der Waals surface area contributed by atoms with Crippen molar-refractivity contribution >= 4 is 21.9 Å². The highest BCUT2D eigenvalue weighted by Crippen LogP contribution is 2.17. The summed E-state index contributed by atoms with van der Waals surface area (Å²) < 4.78 is 1.02. The van der Waals surface area contributed by atoms with Crippen LogP contribution in [-0.2, 0) is 11.2 Å². The first-order valence-electron chi connectivity index (χ1n) is 5.60. The molecule has 0 saturated carbocycles. The van der Waals surface area contributed by atoms with Gasteiger partial charge in [0, 0.05) is 4.47 Å². The monoisotopic (exact) mass is 284 g/mol. The molecule has 2 nitrogen and oxygen atoms in total. The second kappa shape index (κ2) is 6.69. The third-order valence-corrected chi connectivity index (χ3v) is 3.18. The molecule has 0 spiro atoms. The van der Waals surface area contributed by atoms with Gasteiger partial charge < -0.3 is 5.11 Å². The Balaban J connectivity index is 2.60. The summed E-state index contributed by atoms with van der Waals surface area (Å²) in [7, 11) is 0. The molecule has 0 amide bonds. The molecule has 1 aromatic rings. The van der Waals surface area contributed by atoms with Gasteiger partial charge in [-0.25, -0.2) is 0 Å². The normalized spacial score (nSPS) is 12.4. The minimum atomic E-state index is -0.684. The zero-order valence-corrected chi connectivity index (χ0v) is 11.0. The lowest BCUT2D eigenvalue weighted by atomic mass is 9.94. The maximum Gasteiger partial charge on any atom is 0.306 e. The second-order valence-corrected chi connectivity index (χ2v) is 4.92. The van der Waals surface area contributed by atoms with Crippen molar-refractivity contribution in [3.8, 4) is 0 Å². The maximum absolute atomic E-state index is 11.1. The summed E-state index contributed by atoms with van der Waals surface area (Å²) >= 11 is 3.37. The van der Waals surface area contributed by atoms with Crippen LogP contribution in [0.4, 0.5) is 0 Å². The number of unbranched alkanes of at least 4 members (excludes halogenated alkanes) is 1. The minimum absolute atomic E-state index is 0.249. The molecule has 16 heavy (non-hydrogen) atoms. The molecule has 0 aliphatic heterocycles. The van der Waals surface area contributed by atoms with Gasteiger partial charge >= 0.3 is 5.97 Å². The summed E-state index contributed by atoms with van der Waals surface area (Å²) in [6.45, 7) is 2.08. The molecule has 0 bridgehead atoms. The van der Waals surface area contributed by atoms with Crippen LogP contribution in [0.15, 0.2) is 28.7 Å². The van der Waals surface area contributed by atoms with Crippen molar-refractivity contribution in [2.45, 2.75) is 32.6 Å². The smallest absolute Gasteiger partial charge is 0.306 e. The Morgan fingerprint density at radius 3 is 2.50 bits per heavy atom. The highest BCUT2D eigenvalue weighted by Gasteiger charge is 2.16. The molecule has 0 radical (unpaired) electrons. The lowest BCUT2D eigenvalue weighted by molar-refractivity contribution is -0.141. The molecule has 0 aliphatic carbocycles. The number of halogens is 1. The second-order valence-electron chi connectivity index (χ2n) is 4.01. The third-order valence-electron chi connectivity index (χ3n) is 2.65.